The van der Waals surface area contributed by atoms with E-state index in [0.717, 1.165) is 27.1 Å². The predicted octanol–water partition coefficient (Wildman–Crippen LogP) is 2.92. The third kappa shape index (κ3) is 2.26. The summed E-state index contributed by atoms with van der Waals surface area (Å²) in [5.74, 6) is 0.703. The molecule has 4 heteroatoms. The van der Waals surface area contributed by atoms with E-state index in [-0.39, 0.29) is 11.0 Å². The molecule has 0 atom stereocenters. The van der Waals surface area contributed by atoms with Gasteiger partial charge in [0.15, 0.2) is 0 Å². The highest BCUT2D eigenvalue weighted by atomic mass is 16.5. The van der Waals surface area contributed by atoms with Gasteiger partial charge in [0.1, 0.15) is 16.7 Å². The van der Waals surface area contributed by atoms with Crippen LogP contribution in [0, 0.1) is 15.9 Å². The molecule has 2 aromatic carbocycles. The minimum absolute atomic E-state index is 0.0271. The molecule has 0 bridgehead atoms. The lowest BCUT2D eigenvalue weighted by Crippen LogP contribution is -2.32. The van der Waals surface area contributed by atoms with Crippen LogP contribution in [0.1, 0.15) is 13.8 Å². The number of benzene rings is 2. The lowest BCUT2D eigenvalue weighted by atomic mass is 9.89. The molecule has 3 aliphatic rings. The Morgan fingerprint density at radius 1 is 1.00 bits per heavy atom. The van der Waals surface area contributed by atoms with Crippen molar-refractivity contribution in [3.05, 3.63) is 80.1 Å². The summed E-state index contributed by atoms with van der Waals surface area (Å²) in [5.41, 5.74) is 1.99. The van der Waals surface area contributed by atoms with Gasteiger partial charge in [0.2, 0.25) is 0 Å². The fourth-order valence-electron chi connectivity index (χ4n) is 3.96. The number of hydrogen-bond acceptors (Lipinski definition) is 3. The molecule has 0 radical (unpaired) electrons. The Labute approximate surface area is 155 Å². The normalized spacial score (nSPS) is 14.8. The van der Waals surface area contributed by atoms with Crippen molar-refractivity contribution in [1.29, 1.82) is 0 Å². The quantitative estimate of drug-likeness (QED) is 0.554. The highest BCUT2D eigenvalue weighted by Crippen LogP contribution is 2.24. The molecule has 5 rings (SSSR count). The first-order chi connectivity index (χ1) is 13.0. The van der Waals surface area contributed by atoms with Gasteiger partial charge in [-0.25, -0.2) is 0 Å². The van der Waals surface area contributed by atoms with E-state index in [1.807, 2.05) is 48.5 Å². The Hall–Kier alpha value is -3.27. The van der Waals surface area contributed by atoms with E-state index in [0.29, 0.717) is 16.6 Å². The van der Waals surface area contributed by atoms with E-state index in [2.05, 4.69) is 26.0 Å². The molecule has 2 heterocycles. The highest BCUT2D eigenvalue weighted by Gasteiger charge is 2.22. The Bertz CT molecular complexity index is 1440. The summed E-state index contributed by atoms with van der Waals surface area (Å²) in [4.78, 5) is 13.5. The van der Waals surface area contributed by atoms with Crippen LogP contribution in [0.25, 0.3) is 28.8 Å². The van der Waals surface area contributed by atoms with Crippen LogP contribution in [0.15, 0.2) is 57.7 Å². The van der Waals surface area contributed by atoms with E-state index in [1.165, 1.54) is 0 Å². The Morgan fingerprint density at radius 2 is 1.78 bits per heavy atom. The first-order valence-electron chi connectivity index (χ1n) is 8.95. The molecule has 0 saturated heterocycles. The number of rotatable bonds is 2. The summed E-state index contributed by atoms with van der Waals surface area (Å²) in [6.45, 7) is 4.22. The van der Waals surface area contributed by atoms with E-state index in [4.69, 9.17) is 9.15 Å². The first kappa shape index (κ1) is 15.9. The maximum absolute atomic E-state index is 13.5. The van der Waals surface area contributed by atoms with Crippen molar-refractivity contribution in [2.24, 2.45) is 5.41 Å². The molecule has 0 N–H and O–H groups in total. The zero-order chi connectivity index (χ0) is 18.8. The third-order valence-electron chi connectivity index (χ3n) is 5.11. The summed E-state index contributed by atoms with van der Waals surface area (Å²) in [5, 5.41) is 3.26. The van der Waals surface area contributed by atoms with Crippen LogP contribution in [0.3, 0.4) is 0 Å². The fourth-order valence-corrected chi connectivity index (χ4v) is 3.96. The molecule has 0 spiro atoms. The van der Waals surface area contributed by atoms with Crippen molar-refractivity contribution in [3.8, 4) is 11.4 Å². The average Bonchev–Trinajstić information content (AvgIpc) is 2.94. The monoisotopic (exact) mass is 357 g/mol. The lowest BCUT2D eigenvalue weighted by Gasteiger charge is -2.17. The van der Waals surface area contributed by atoms with Gasteiger partial charge >= 0.3 is 0 Å². The second-order valence-corrected chi connectivity index (χ2v) is 7.55. The number of methoxy groups -OCH3 is 1. The molecule has 134 valence electrons. The van der Waals surface area contributed by atoms with Gasteiger partial charge in [0.05, 0.1) is 22.9 Å². The molecule has 0 fully saturated rings. The first-order valence-corrected chi connectivity index (χ1v) is 8.95. The second-order valence-electron chi connectivity index (χ2n) is 7.55. The SMILES string of the molecule is COc1ccc2c3c(=O)n(-c4ccccc4)c4c=3c(oc2c1)=CC(C)(C)C=4. The number of nitrogens with zero attached hydrogens (tertiary/aromatic N) is 1. The molecule has 0 saturated carbocycles. The van der Waals surface area contributed by atoms with Gasteiger partial charge in [-0.3, -0.25) is 9.36 Å². The maximum Gasteiger partial charge on any atom is 0.264 e. The molecule has 4 nitrogen and oxygen atoms in total. The minimum Gasteiger partial charge on any atom is -0.497 e. The van der Waals surface area contributed by atoms with Crippen LogP contribution in [-0.2, 0) is 0 Å². The zero-order valence-electron chi connectivity index (χ0n) is 15.4. The van der Waals surface area contributed by atoms with Crippen molar-refractivity contribution < 1.29 is 9.15 Å². The molecule has 0 amide bonds. The lowest BCUT2D eigenvalue weighted by molar-refractivity contribution is 0.414. The molecule has 2 aromatic rings. The number of aromatic nitrogens is 1. The molecular weight excluding hydrogens is 338 g/mol. The van der Waals surface area contributed by atoms with Crippen LogP contribution in [-0.4, -0.2) is 11.7 Å². The van der Waals surface area contributed by atoms with Gasteiger partial charge in [-0.15, -0.1) is 0 Å². The molecular formula is C23H19NO3. The maximum atomic E-state index is 13.5. The molecule has 0 unspecified atom stereocenters. The van der Waals surface area contributed by atoms with E-state index in [9.17, 15) is 4.79 Å². The third-order valence-corrected chi connectivity index (χ3v) is 5.11. The summed E-state index contributed by atoms with van der Waals surface area (Å²) >= 11 is 0. The number of fused-ring (bicyclic) bond motifs is 2. The van der Waals surface area contributed by atoms with Gasteiger partial charge in [0.25, 0.3) is 5.56 Å². The Kier molecular flexibility index (Phi) is 3.17. The molecule has 27 heavy (non-hydrogen) atoms. The smallest absolute Gasteiger partial charge is 0.264 e. The minimum atomic E-state index is -0.229. The van der Waals surface area contributed by atoms with Crippen LogP contribution < -0.4 is 21.1 Å². The molecule has 2 aliphatic heterocycles. The van der Waals surface area contributed by atoms with Crippen LogP contribution in [0.4, 0.5) is 0 Å². The summed E-state index contributed by atoms with van der Waals surface area (Å²) < 4.78 is 13.4. The summed E-state index contributed by atoms with van der Waals surface area (Å²) in [6.07, 6.45) is 4.22. The van der Waals surface area contributed by atoms with Gasteiger partial charge in [-0.1, -0.05) is 32.0 Å². The highest BCUT2D eigenvalue weighted by molar-refractivity contribution is 5.79. The van der Waals surface area contributed by atoms with Crippen molar-refractivity contribution in [2.45, 2.75) is 13.8 Å². The van der Waals surface area contributed by atoms with E-state index >= 15 is 0 Å². The zero-order valence-corrected chi connectivity index (χ0v) is 15.4. The van der Waals surface area contributed by atoms with Gasteiger partial charge < -0.3 is 9.15 Å². The summed E-state index contributed by atoms with van der Waals surface area (Å²) in [7, 11) is 1.62. The van der Waals surface area contributed by atoms with Crippen LogP contribution in [0.5, 0.6) is 5.75 Å². The Balaban J connectivity index is 2.09. The van der Waals surface area contributed by atoms with Crippen molar-refractivity contribution in [2.75, 3.05) is 7.11 Å². The van der Waals surface area contributed by atoms with Crippen molar-refractivity contribution in [3.63, 3.8) is 0 Å². The fraction of sp³-hybridized carbons (Fsp3) is 0.174. The largest absolute Gasteiger partial charge is 0.497 e. The van der Waals surface area contributed by atoms with Gasteiger partial charge in [0, 0.05) is 22.6 Å². The second kappa shape index (κ2) is 5.36. The molecule has 0 aromatic heterocycles. The van der Waals surface area contributed by atoms with Gasteiger partial charge in [-0.2, -0.15) is 0 Å². The standard InChI is InChI=1S/C23H19NO3/c1-23(2)12-17-21-19(13-23)27-18-11-15(26-3)9-10-16(18)20(21)22(25)24(17)14-7-5-4-6-8-14/h4-13H,1-3H3. The summed E-state index contributed by atoms with van der Waals surface area (Å²) in [6, 6.07) is 15.4. The number of hydrogen-bond donors (Lipinski definition) is 0. The average molecular weight is 357 g/mol. The van der Waals surface area contributed by atoms with Crippen LogP contribution in [0.2, 0.25) is 0 Å². The van der Waals surface area contributed by atoms with E-state index in [1.54, 1.807) is 11.7 Å². The van der Waals surface area contributed by atoms with Crippen LogP contribution >= 0.6 is 0 Å². The Morgan fingerprint density at radius 3 is 2.52 bits per heavy atom. The predicted molar refractivity (Wildman–Crippen MR) is 106 cm³/mol. The van der Waals surface area contributed by atoms with E-state index < -0.39 is 0 Å². The molecule has 1 aliphatic carbocycles. The van der Waals surface area contributed by atoms with Crippen molar-refractivity contribution in [1.82, 2.24) is 4.57 Å². The number of para-hydroxylation sites is 1. The van der Waals surface area contributed by atoms with Crippen molar-refractivity contribution >= 4 is 23.1 Å². The topological polar surface area (TPSA) is 44.4 Å². The van der Waals surface area contributed by atoms with Gasteiger partial charge in [-0.05, 0) is 36.4 Å². The number of ether oxygens (including phenoxy) is 1.